The van der Waals surface area contributed by atoms with Crippen molar-refractivity contribution < 1.29 is 8.42 Å². The first-order valence-electron chi connectivity index (χ1n) is 6.73. The molecule has 0 saturated heterocycles. The summed E-state index contributed by atoms with van der Waals surface area (Å²) in [6, 6.07) is 5.04. The number of thiophene rings is 1. The Bertz CT molecular complexity index is 669. The van der Waals surface area contributed by atoms with Gasteiger partial charge in [0, 0.05) is 35.2 Å². The summed E-state index contributed by atoms with van der Waals surface area (Å²) >= 11 is 1.45. The highest BCUT2D eigenvalue weighted by molar-refractivity contribution is 7.89. The van der Waals surface area contributed by atoms with Gasteiger partial charge in [0.25, 0.3) is 0 Å². The van der Waals surface area contributed by atoms with E-state index in [-0.39, 0.29) is 6.04 Å². The lowest BCUT2D eigenvalue weighted by molar-refractivity contribution is 0.567. The molecule has 0 bridgehead atoms. The Kier molecular flexibility index (Phi) is 5.46. The van der Waals surface area contributed by atoms with Gasteiger partial charge in [-0.1, -0.05) is 13.0 Å². The fraction of sp³-hybridized carbons (Fsp3) is 0.357. The van der Waals surface area contributed by atoms with Crippen molar-refractivity contribution in [2.45, 2.75) is 31.3 Å². The van der Waals surface area contributed by atoms with Crippen molar-refractivity contribution in [1.29, 1.82) is 0 Å². The van der Waals surface area contributed by atoms with Gasteiger partial charge in [-0.2, -0.15) is 0 Å². The van der Waals surface area contributed by atoms with E-state index in [1.807, 2.05) is 13.0 Å². The molecule has 0 aliphatic carbocycles. The molecule has 114 valence electrons. The molecule has 7 heteroatoms. The van der Waals surface area contributed by atoms with E-state index in [2.05, 4.69) is 15.0 Å². The van der Waals surface area contributed by atoms with E-state index >= 15 is 0 Å². The third-order valence-corrected chi connectivity index (χ3v) is 5.61. The molecule has 2 aromatic rings. The van der Waals surface area contributed by atoms with Gasteiger partial charge in [0.15, 0.2) is 0 Å². The summed E-state index contributed by atoms with van der Waals surface area (Å²) in [5.41, 5.74) is 0.837. The number of nitrogens with one attached hydrogen (secondary N) is 2. The van der Waals surface area contributed by atoms with Crippen LogP contribution in [0.5, 0.6) is 0 Å². The summed E-state index contributed by atoms with van der Waals surface area (Å²) in [5.74, 6) is 0. The molecule has 0 aliphatic rings. The van der Waals surface area contributed by atoms with Crippen LogP contribution in [0.1, 0.15) is 30.3 Å². The van der Waals surface area contributed by atoms with Crippen molar-refractivity contribution in [3.05, 3.63) is 46.4 Å². The predicted molar refractivity (Wildman–Crippen MR) is 84.7 cm³/mol. The molecular formula is C14H19N3O2S2. The second kappa shape index (κ2) is 7.13. The molecule has 0 fully saturated rings. The Morgan fingerprint density at radius 3 is 2.90 bits per heavy atom. The van der Waals surface area contributed by atoms with E-state index in [1.54, 1.807) is 36.8 Å². The van der Waals surface area contributed by atoms with Crippen molar-refractivity contribution in [3.8, 4) is 0 Å². The molecule has 0 spiro atoms. The van der Waals surface area contributed by atoms with Gasteiger partial charge in [0.2, 0.25) is 10.0 Å². The minimum absolute atomic E-state index is 0.316. The van der Waals surface area contributed by atoms with Crippen LogP contribution in [0.3, 0.4) is 0 Å². The van der Waals surface area contributed by atoms with Crippen LogP contribution in [-0.4, -0.2) is 19.9 Å². The van der Waals surface area contributed by atoms with Crippen LogP contribution in [-0.2, 0) is 16.6 Å². The van der Waals surface area contributed by atoms with Gasteiger partial charge in [-0.15, -0.1) is 11.3 Å². The van der Waals surface area contributed by atoms with Crippen LogP contribution in [0.15, 0.2) is 40.9 Å². The third kappa shape index (κ3) is 4.34. The van der Waals surface area contributed by atoms with Crippen molar-refractivity contribution in [3.63, 3.8) is 0 Å². The first-order chi connectivity index (χ1) is 10.0. The Balaban J connectivity index is 2.09. The number of sulfonamides is 1. The average Bonchev–Trinajstić information content (AvgIpc) is 2.95. The largest absolute Gasteiger partial charge is 0.312 e. The standard InChI is InChI=1S/C14H19N3O2S2/c1-3-15-9-13-7-14(10-20-13)21(18,19)17-11(2)12-5-4-6-16-8-12/h4-8,10-11,15,17H,3,9H2,1-2H3. The molecule has 1 unspecified atom stereocenters. The summed E-state index contributed by atoms with van der Waals surface area (Å²) in [4.78, 5) is 5.33. The van der Waals surface area contributed by atoms with Crippen LogP contribution < -0.4 is 10.0 Å². The minimum Gasteiger partial charge on any atom is -0.312 e. The molecule has 2 rings (SSSR count). The smallest absolute Gasteiger partial charge is 0.241 e. The number of nitrogens with zero attached hydrogens (tertiary/aromatic N) is 1. The Hall–Kier alpha value is -1.28. The fourth-order valence-corrected chi connectivity index (χ4v) is 4.32. The first kappa shape index (κ1) is 16.1. The summed E-state index contributed by atoms with van der Waals surface area (Å²) in [7, 11) is -3.51. The molecule has 0 radical (unpaired) electrons. The van der Waals surface area contributed by atoms with Crippen LogP contribution in [0.4, 0.5) is 0 Å². The van der Waals surface area contributed by atoms with E-state index in [9.17, 15) is 8.42 Å². The summed E-state index contributed by atoms with van der Waals surface area (Å²) in [6.07, 6.45) is 3.33. The quantitative estimate of drug-likeness (QED) is 0.819. The fourth-order valence-electron chi connectivity index (χ4n) is 1.84. The minimum atomic E-state index is -3.51. The van der Waals surface area contributed by atoms with E-state index in [4.69, 9.17) is 0 Å². The predicted octanol–water partition coefficient (Wildman–Crippen LogP) is 2.29. The SMILES string of the molecule is CCNCc1cc(S(=O)(=O)NC(C)c2cccnc2)cs1. The van der Waals surface area contributed by atoms with Crippen molar-refractivity contribution in [2.24, 2.45) is 0 Å². The molecule has 5 nitrogen and oxygen atoms in total. The highest BCUT2D eigenvalue weighted by Gasteiger charge is 2.19. The summed E-state index contributed by atoms with van der Waals surface area (Å²) < 4.78 is 27.4. The Morgan fingerprint density at radius 2 is 2.24 bits per heavy atom. The van der Waals surface area contributed by atoms with Crippen LogP contribution >= 0.6 is 11.3 Å². The lowest BCUT2D eigenvalue weighted by atomic mass is 10.2. The van der Waals surface area contributed by atoms with Crippen LogP contribution in [0.25, 0.3) is 0 Å². The Labute approximate surface area is 129 Å². The molecule has 2 aromatic heterocycles. The zero-order valence-electron chi connectivity index (χ0n) is 12.0. The van der Waals surface area contributed by atoms with Gasteiger partial charge in [-0.05, 0) is 31.2 Å². The van der Waals surface area contributed by atoms with E-state index < -0.39 is 10.0 Å². The summed E-state index contributed by atoms with van der Waals surface area (Å²) in [5, 5.41) is 4.85. The van der Waals surface area contributed by atoms with Gasteiger partial charge in [0.1, 0.15) is 0 Å². The van der Waals surface area contributed by atoms with Crippen LogP contribution in [0.2, 0.25) is 0 Å². The second-order valence-electron chi connectivity index (χ2n) is 4.66. The average molecular weight is 325 g/mol. The molecule has 0 aromatic carbocycles. The maximum Gasteiger partial charge on any atom is 0.241 e. The maximum absolute atomic E-state index is 12.4. The van der Waals surface area contributed by atoms with Crippen LogP contribution in [0, 0.1) is 0 Å². The molecule has 0 saturated carbocycles. The molecule has 21 heavy (non-hydrogen) atoms. The third-order valence-electron chi connectivity index (χ3n) is 3.01. The number of aromatic nitrogens is 1. The van der Waals surface area contributed by atoms with Gasteiger partial charge in [-0.25, -0.2) is 13.1 Å². The van der Waals surface area contributed by atoms with Crippen molar-refractivity contribution >= 4 is 21.4 Å². The van der Waals surface area contributed by atoms with E-state index in [1.165, 1.54) is 11.3 Å². The molecule has 2 heterocycles. The van der Waals surface area contributed by atoms with Gasteiger partial charge in [-0.3, -0.25) is 4.98 Å². The van der Waals surface area contributed by atoms with Gasteiger partial charge in [0.05, 0.1) is 4.90 Å². The van der Waals surface area contributed by atoms with E-state index in [0.29, 0.717) is 11.4 Å². The lowest BCUT2D eigenvalue weighted by Gasteiger charge is -2.13. The zero-order valence-corrected chi connectivity index (χ0v) is 13.7. The molecule has 2 N–H and O–H groups in total. The van der Waals surface area contributed by atoms with E-state index in [0.717, 1.165) is 17.0 Å². The lowest BCUT2D eigenvalue weighted by Crippen LogP contribution is -2.26. The number of hydrogen-bond donors (Lipinski definition) is 2. The van der Waals surface area contributed by atoms with Crippen molar-refractivity contribution in [1.82, 2.24) is 15.0 Å². The molecule has 1 atom stereocenters. The first-order valence-corrected chi connectivity index (χ1v) is 9.09. The normalized spacial score (nSPS) is 13.2. The molecular weight excluding hydrogens is 306 g/mol. The highest BCUT2D eigenvalue weighted by Crippen LogP contribution is 2.21. The highest BCUT2D eigenvalue weighted by atomic mass is 32.2. The van der Waals surface area contributed by atoms with Gasteiger partial charge >= 0.3 is 0 Å². The number of hydrogen-bond acceptors (Lipinski definition) is 5. The second-order valence-corrected chi connectivity index (χ2v) is 7.37. The monoisotopic (exact) mass is 325 g/mol. The summed E-state index contributed by atoms with van der Waals surface area (Å²) in [6.45, 7) is 5.37. The molecule has 0 aliphatic heterocycles. The molecule has 0 amide bonds. The Morgan fingerprint density at radius 1 is 1.43 bits per heavy atom. The zero-order chi connectivity index (χ0) is 15.3. The number of pyridine rings is 1. The topological polar surface area (TPSA) is 71.1 Å². The van der Waals surface area contributed by atoms with Crippen molar-refractivity contribution in [2.75, 3.05) is 6.54 Å². The number of rotatable bonds is 7. The maximum atomic E-state index is 12.4. The van der Waals surface area contributed by atoms with Gasteiger partial charge < -0.3 is 5.32 Å².